The van der Waals surface area contributed by atoms with Gasteiger partial charge in [-0.25, -0.2) is 0 Å². The lowest BCUT2D eigenvalue weighted by atomic mass is 9.81. The lowest BCUT2D eigenvalue weighted by molar-refractivity contribution is -0.303. The SMILES string of the molecule is CCCCOC[C@H]1O[C@@H]2Oc3ccc(C)cc3[C@H](OC)[C@@H]2[C@@H](OCCCC)[C@@H]1OCCCC. The second kappa shape index (κ2) is 13.6. The summed E-state index contributed by atoms with van der Waals surface area (Å²) in [4.78, 5) is 0. The zero-order chi connectivity index (χ0) is 23.6. The van der Waals surface area contributed by atoms with Crippen LogP contribution in [0.1, 0.15) is 76.5 Å². The number of fused-ring (bicyclic) bond motifs is 2. The van der Waals surface area contributed by atoms with Crippen molar-refractivity contribution < 1.29 is 28.4 Å². The van der Waals surface area contributed by atoms with Crippen LogP contribution in [0.3, 0.4) is 0 Å². The Morgan fingerprint density at radius 3 is 2.21 bits per heavy atom. The van der Waals surface area contributed by atoms with Gasteiger partial charge in [-0.2, -0.15) is 0 Å². The van der Waals surface area contributed by atoms with Crippen molar-refractivity contribution in [2.24, 2.45) is 5.92 Å². The first-order valence-electron chi connectivity index (χ1n) is 12.9. The van der Waals surface area contributed by atoms with E-state index in [1.54, 1.807) is 7.11 Å². The third kappa shape index (κ3) is 6.70. The van der Waals surface area contributed by atoms with Crippen molar-refractivity contribution in [3.05, 3.63) is 29.3 Å². The molecule has 3 rings (SSSR count). The predicted octanol–water partition coefficient (Wildman–Crippen LogP) is 5.60. The van der Waals surface area contributed by atoms with Crippen LogP contribution in [-0.4, -0.2) is 58.1 Å². The van der Waals surface area contributed by atoms with Crippen LogP contribution in [-0.2, 0) is 23.7 Å². The van der Waals surface area contributed by atoms with Crippen LogP contribution in [0.15, 0.2) is 18.2 Å². The average molecular weight is 465 g/mol. The first-order chi connectivity index (χ1) is 16.1. The molecular weight excluding hydrogens is 420 g/mol. The van der Waals surface area contributed by atoms with Gasteiger partial charge < -0.3 is 28.4 Å². The molecule has 0 radical (unpaired) electrons. The monoisotopic (exact) mass is 464 g/mol. The molecule has 0 spiro atoms. The molecule has 0 saturated carbocycles. The first-order valence-corrected chi connectivity index (χ1v) is 12.9. The van der Waals surface area contributed by atoms with E-state index in [0.717, 1.165) is 56.4 Å². The molecule has 6 atom stereocenters. The van der Waals surface area contributed by atoms with Gasteiger partial charge in [0, 0.05) is 32.5 Å². The molecule has 0 unspecified atom stereocenters. The highest BCUT2D eigenvalue weighted by atomic mass is 16.7. The Morgan fingerprint density at radius 2 is 1.55 bits per heavy atom. The smallest absolute Gasteiger partial charge is 0.208 e. The quantitative estimate of drug-likeness (QED) is 0.334. The van der Waals surface area contributed by atoms with Crippen molar-refractivity contribution in [1.82, 2.24) is 0 Å². The maximum atomic E-state index is 6.55. The van der Waals surface area contributed by atoms with E-state index in [4.69, 9.17) is 28.4 Å². The molecule has 1 saturated heterocycles. The van der Waals surface area contributed by atoms with E-state index in [1.165, 1.54) is 5.56 Å². The number of benzene rings is 1. The van der Waals surface area contributed by atoms with Crippen LogP contribution < -0.4 is 4.74 Å². The van der Waals surface area contributed by atoms with Crippen molar-refractivity contribution in [2.45, 2.75) is 96.9 Å². The Morgan fingerprint density at radius 1 is 0.879 bits per heavy atom. The van der Waals surface area contributed by atoms with E-state index in [2.05, 4.69) is 39.8 Å². The maximum absolute atomic E-state index is 6.55. The van der Waals surface area contributed by atoms with Crippen LogP contribution in [0.5, 0.6) is 5.75 Å². The fraction of sp³-hybridized carbons (Fsp3) is 0.778. The van der Waals surface area contributed by atoms with Crippen LogP contribution >= 0.6 is 0 Å². The summed E-state index contributed by atoms with van der Waals surface area (Å²) in [6, 6.07) is 6.22. The predicted molar refractivity (Wildman–Crippen MR) is 129 cm³/mol. The van der Waals surface area contributed by atoms with Gasteiger partial charge in [-0.3, -0.25) is 0 Å². The summed E-state index contributed by atoms with van der Waals surface area (Å²) in [5, 5.41) is 0. The summed E-state index contributed by atoms with van der Waals surface area (Å²) >= 11 is 0. The molecule has 1 aromatic carbocycles. The van der Waals surface area contributed by atoms with Crippen molar-refractivity contribution >= 4 is 0 Å². The molecule has 2 aliphatic heterocycles. The van der Waals surface area contributed by atoms with E-state index in [0.29, 0.717) is 19.8 Å². The summed E-state index contributed by atoms with van der Waals surface area (Å²) in [5.41, 5.74) is 2.23. The molecule has 188 valence electrons. The van der Waals surface area contributed by atoms with Gasteiger partial charge in [0.05, 0.1) is 24.7 Å². The number of methoxy groups -OCH3 is 1. The molecule has 0 aromatic heterocycles. The lowest BCUT2D eigenvalue weighted by Gasteiger charge is -2.50. The molecule has 6 heteroatoms. The largest absolute Gasteiger partial charge is 0.464 e. The molecule has 1 fully saturated rings. The maximum Gasteiger partial charge on any atom is 0.208 e. The number of hydrogen-bond acceptors (Lipinski definition) is 6. The van der Waals surface area contributed by atoms with Gasteiger partial charge in [0.15, 0.2) is 0 Å². The highest BCUT2D eigenvalue weighted by Gasteiger charge is 2.54. The minimum atomic E-state index is -0.470. The van der Waals surface area contributed by atoms with Crippen molar-refractivity contribution in [1.29, 1.82) is 0 Å². The number of aryl methyl sites for hydroxylation is 1. The molecular formula is C27H44O6. The Balaban J connectivity index is 1.90. The van der Waals surface area contributed by atoms with Gasteiger partial charge >= 0.3 is 0 Å². The standard InChI is InChI=1S/C27H44O6/c1-6-9-14-29-18-22-25(30-15-10-7-2)26(31-16-11-8-3)23-24(28-5)20-17-19(4)12-13-21(20)32-27(23)33-22/h12-13,17,22-27H,6-11,14-16,18H2,1-5H3/t22-,23-,24+,25-,26-,27+/m1/s1. The van der Waals surface area contributed by atoms with Crippen molar-refractivity contribution in [3.8, 4) is 5.75 Å². The summed E-state index contributed by atoms with van der Waals surface area (Å²) in [6.07, 6.45) is 4.95. The Bertz CT molecular complexity index is 695. The van der Waals surface area contributed by atoms with Crippen LogP contribution in [0.2, 0.25) is 0 Å². The van der Waals surface area contributed by atoms with E-state index in [-0.39, 0.29) is 30.3 Å². The molecule has 0 amide bonds. The number of ether oxygens (including phenoxy) is 6. The van der Waals surface area contributed by atoms with Gasteiger partial charge in [0.2, 0.25) is 6.29 Å². The van der Waals surface area contributed by atoms with E-state index < -0.39 is 6.29 Å². The molecule has 0 N–H and O–H groups in total. The Kier molecular flexibility index (Phi) is 10.9. The van der Waals surface area contributed by atoms with E-state index >= 15 is 0 Å². The van der Waals surface area contributed by atoms with E-state index in [1.807, 2.05) is 6.07 Å². The highest BCUT2D eigenvalue weighted by molar-refractivity contribution is 5.41. The van der Waals surface area contributed by atoms with Gasteiger partial charge in [-0.1, -0.05) is 51.7 Å². The molecule has 1 aromatic rings. The average Bonchev–Trinajstić information content (AvgIpc) is 2.82. The normalized spacial score (nSPS) is 28.8. The Labute approximate surface area is 200 Å². The second-order valence-corrected chi connectivity index (χ2v) is 9.24. The lowest BCUT2D eigenvalue weighted by Crippen LogP contribution is -2.62. The minimum absolute atomic E-state index is 0.125. The fourth-order valence-electron chi connectivity index (χ4n) is 4.68. The summed E-state index contributed by atoms with van der Waals surface area (Å²) in [6.45, 7) is 11.1. The van der Waals surface area contributed by atoms with Gasteiger partial charge in [0.1, 0.15) is 18.0 Å². The van der Waals surface area contributed by atoms with Gasteiger partial charge in [-0.15, -0.1) is 0 Å². The van der Waals surface area contributed by atoms with Gasteiger partial charge in [0.25, 0.3) is 0 Å². The highest BCUT2D eigenvalue weighted by Crippen LogP contribution is 2.47. The topological polar surface area (TPSA) is 55.4 Å². The number of rotatable bonds is 14. The number of hydrogen-bond donors (Lipinski definition) is 0. The molecule has 33 heavy (non-hydrogen) atoms. The van der Waals surface area contributed by atoms with Gasteiger partial charge in [-0.05, 0) is 38.3 Å². The summed E-state index contributed by atoms with van der Waals surface area (Å²) in [7, 11) is 1.76. The second-order valence-electron chi connectivity index (χ2n) is 9.24. The number of unbranched alkanes of at least 4 members (excludes halogenated alkanes) is 3. The van der Waals surface area contributed by atoms with Crippen LogP contribution in [0, 0.1) is 12.8 Å². The molecule has 2 aliphatic rings. The zero-order valence-electron chi connectivity index (χ0n) is 21.2. The minimum Gasteiger partial charge on any atom is -0.464 e. The molecule has 0 aliphatic carbocycles. The summed E-state index contributed by atoms with van der Waals surface area (Å²) in [5.74, 6) is 0.691. The molecule has 6 nitrogen and oxygen atoms in total. The van der Waals surface area contributed by atoms with Crippen LogP contribution in [0.25, 0.3) is 0 Å². The Hall–Kier alpha value is -1.18. The third-order valence-electron chi connectivity index (χ3n) is 6.55. The van der Waals surface area contributed by atoms with Crippen LogP contribution in [0.4, 0.5) is 0 Å². The first kappa shape index (κ1) is 26.4. The van der Waals surface area contributed by atoms with Crippen molar-refractivity contribution in [2.75, 3.05) is 33.5 Å². The fourth-order valence-corrected chi connectivity index (χ4v) is 4.68. The summed E-state index contributed by atoms with van der Waals surface area (Å²) < 4.78 is 38.0. The van der Waals surface area contributed by atoms with Crippen molar-refractivity contribution in [3.63, 3.8) is 0 Å². The third-order valence-corrected chi connectivity index (χ3v) is 6.55. The zero-order valence-corrected chi connectivity index (χ0v) is 21.2. The molecule has 0 bridgehead atoms. The molecule has 2 heterocycles. The van der Waals surface area contributed by atoms with E-state index in [9.17, 15) is 0 Å².